The van der Waals surface area contributed by atoms with Gasteiger partial charge in [0.1, 0.15) is 0 Å². The second-order valence-electron chi connectivity index (χ2n) is 2.58. The number of hydrogen-bond acceptors (Lipinski definition) is 0. The van der Waals surface area contributed by atoms with E-state index in [1.165, 1.54) is 18.8 Å². The lowest BCUT2D eigenvalue weighted by atomic mass is 10.1. The molecule has 0 heterocycles. The van der Waals surface area contributed by atoms with Crippen LogP contribution in [0.5, 0.6) is 0 Å². The summed E-state index contributed by atoms with van der Waals surface area (Å²) < 4.78 is 2.45. The fourth-order valence-corrected chi connectivity index (χ4v) is 2.17. The van der Waals surface area contributed by atoms with Crippen LogP contribution in [-0.4, -0.2) is 0 Å². The third-order valence-electron chi connectivity index (χ3n) is 1.82. The molecule has 2 heteroatoms. The van der Waals surface area contributed by atoms with Crippen LogP contribution in [0.25, 0.3) is 10.8 Å². The Labute approximate surface area is 93.2 Å². The second-order valence-corrected chi connectivity index (χ2v) is 4.54. The summed E-state index contributed by atoms with van der Waals surface area (Å²) in [5.41, 5.74) is 0. The molecule has 0 aromatic heterocycles. The SMILES string of the molecule is Brc1c(I)ccc2ccccc12. The van der Waals surface area contributed by atoms with Crippen LogP contribution in [0.4, 0.5) is 0 Å². The molecule has 0 saturated heterocycles. The van der Waals surface area contributed by atoms with Crippen LogP contribution in [0.2, 0.25) is 0 Å². The minimum Gasteiger partial charge on any atom is -0.0616 e. The van der Waals surface area contributed by atoms with Crippen molar-refractivity contribution in [1.82, 2.24) is 0 Å². The highest BCUT2D eigenvalue weighted by Crippen LogP contribution is 2.28. The van der Waals surface area contributed by atoms with Crippen LogP contribution >= 0.6 is 38.5 Å². The number of benzene rings is 2. The molecule has 2 aromatic rings. The summed E-state index contributed by atoms with van der Waals surface area (Å²) in [5.74, 6) is 0. The summed E-state index contributed by atoms with van der Waals surface area (Å²) in [5, 5.41) is 2.56. The van der Waals surface area contributed by atoms with E-state index in [-0.39, 0.29) is 0 Å². The maximum absolute atomic E-state index is 3.57. The maximum atomic E-state index is 3.57. The van der Waals surface area contributed by atoms with Gasteiger partial charge in [-0.15, -0.1) is 0 Å². The second kappa shape index (κ2) is 3.34. The Bertz CT molecular complexity index is 423. The molecule has 0 spiro atoms. The molecule has 0 radical (unpaired) electrons. The van der Waals surface area contributed by atoms with E-state index in [4.69, 9.17) is 0 Å². The maximum Gasteiger partial charge on any atom is 0.0387 e. The first-order chi connectivity index (χ1) is 5.79. The van der Waals surface area contributed by atoms with Crippen molar-refractivity contribution in [3.05, 3.63) is 44.4 Å². The quantitative estimate of drug-likeness (QED) is 0.634. The molecule has 2 aromatic carbocycles. The monoisotopic (exact) mass is 332 g/mol. The van der Waals surface area contributed by atoms with Gasteiger partial charge in [-0.25, -0.2) is 0 Å². The molecule has 0 unspecified atom stereocenters. The smallest absolute Gasteiger partial charge is 0.0387 e. The molecule has 2 rings (SSSR count). The van der Waals surface area contributed by atoms with Crippen molar-refractivity contribution in [1.29, 1.82) is 0 Å². The van der Waals surface area contributed by atoms with Crippen LogP contribution in [-0.2, 0) is 0 Å². The number of rotatable bonds is 0. The van der Waals surface area contributed by atoms with Gasteiger partial charge in [0.15, 0.2) is 0 Å². The first-order valence-electron chi connectivity index (χ1n) is 3.62. The molecule has 0 nitrogen and oxygen atoms in total. The van der Waals surface area contributed by atoms with Crippen LogP contribution in [0.3, 0.4) is 0 Å². The average Bonchev–Trinajstić information content (AvgIpc) is 2.12. The predicted octanol–water partition coefficient (Wildman–Crippen LogP) is 4.21. The van der Waals surface area contributed by atoms with Crippen LogP contribution < -0.4 is 0 Å². The lowest BCUT2D eigenvalue weighted by Gasteiger charge is -2.01. The van der Waals surface area contributed by atoms with Crippen molar-refractivity contribution in [2.75, 3.05) is 0 Å². The molecule has 0 atom stereocenters. The van der Waals surface area contributed by atoms with Crippen molar-refractivity contribution in [3.8, 4) is 0 Å². The van der Waals surface area contributed by atoms with E-state index in [1.807, 2.05) is 0 Å². The van der Waals surface area contributed by atoms with Gasteiger partial charge in [-0.05, 0) is 55.4 Å². The normalized spacial score (nSPS) is 10.5. The van der Waals surface area contributed by atoms with E-state index in [0.717, 1.165) is 0 Å². The molecule has 0 fully saturated rings. The van der Waals surface area contributed by atoms with E-state index >= 15 is 0 Å². The summed E-state index contributed by atoms with van der Waals surface area (Å²) in [6.07, 6.45) is 0. The summed E-state index contributed by atoms with van der Waals surface area (Å²) >= 11 is 5.90. The van der Waals surface area contributed by atoms with Gasteiger partial charge < -0.3 is 0 Å². The zero-order valence-electron chi connectivity index (χ0n) is 6.22. The standard InChI is InChI=1S/C10H6BrI/c11-10-8-4-2-1-3-7(8)5-6-9(10)12/h1-6H. The zero-order valence-corrected chi connectivity index (χ0v) is 9.96. The van der Waals surface area contributed by atoms with Gasteiger partial charge in [0.2, 0.25) is 0 Å². The molecule has 0 amide bonds. The van der Waals surface area contributed by atoms with Gasteiger partial charge >= 0.3 is 0 Å². The molecule has 0 aliphatic rings. The van der Waals surface area contributed by atoms with Gasteiger partial charge in [-0.3, -0.25) is 0 Å². The van der Waals surface area contributed by atoms with Crippen molar-refractivity contribution < 1.29 is 0 Å². The average molecular weight is 333 g/mol. The topological polar surface area (TPSA) is 0 Å². The highest BCUT2D eigenvalue weighted by molar-refractivity contribution is 14.1. The molecule has 0 aliphatic carbocycles. The first kappa shape index (κ1) is 8.51. The highest BCUT2D eigenvalue weighted by Gasteiger charge is 2.00. The van der Waals surface area contributed by atoms with E-state index in [1.54, 1.807) is 0 Å². The lowest BCUT2D eigenvalue weighted by Crippen LogP contribution is -1.77. The molecular weight excluding hydrogens is 327 g/mol. The molecule has 0 saturated carbocycles. The third-order valence-corrected chi connectivity index (χ3v) is 4.31. The van der Waals surface area contributed by atoms with Crippen LogP contribution in [0, 0.1) is 3.57 Å². The van der Waals surface area contributed by atoms with E-state index < -0.39 is 0 Å². The lowest BCUT2D eigenvalue weighted by molar-refractivity contribution is 1.65. The van der Waals surface area contributed by atoms with Gasteiger partial charge in [0, 0.05) is 8.04 Å². The predicted molar refractivity (Wildman–Crippen MR) is 64.4 cm³/mol. The van der Waals surface area contributed by atoms with Gasteiger partial charge in [0.05, 0.1) is 0 Å². The number of hydrogen-bond donors (Lipinski definition) is 0. The Kier molecular flexibility index (Phi) is 2.37. The first-order valence-corrected chi connectivity index (χ1v) is 5.49. The zero-order chi connectivity index (χ0) is 8.55. The molecule has 12 heavy (non-hydrogen) atoms. The Morgan fingerprint density at radius 3 is 2.58 bits per heavy atom. The molecular formula is C10H6BrI. The fourth-order valence-electron chi connectivity index (χ4n) is 1.21. The third kappa shape index (κ3) is 1.38. The van der Waals surface area contributed by atoms with Gasteiger partial charge in [-0.1, -0.05) is 30.3 Å². The van der Waals surface area contributed by atoms with E-state index in [0.29, 0.717) is 0 Å². The van der Waals surface area contributed by atoms with Crippen LogP contribution in [0.1, 0.15) is 0 Å². The van der Waals surface area contributed by atoms with Gasteiger partial charge in [-0.2, -0.15) is 0 Å². The molecule has 0 N–H and O–H groups in total. The van der Waals surface area contributed by atoms with Crippen molar-refractivity contribution in [3.63, 3.8) is 0 Å². The minimum absolute atomic E-state index is 1.20. The summed E-state index contributed by atoms with van der Waals surface area (Å²) in [6.45, 7) is 0. The van der Waals surface area contributed by atoms with E-state index in [2.05, 4.69) is 74.9 Å². The largest absolute Gasteiger partial charge is 0.0616 e. The summed E-state index contributed by atoms with van der Waals surface area (Å²) in [6, 6.07) is 12.6. The molecule has 60 valence electrons. The Hall–Kier alpha value is -0.0900. The molecule has 0 bridgehead atoms. The Morgan fingerprint density at radius 2 is 1.75 bits per heavy atom. The fraction of sp³-hybridized carbons (Fsp3) is 0. The molecule has 0 aliphatic heterocycles. The summed E-state index contributed by atoms with van der Waals surface area (Å²) in [4.78, 5) is 0. The summed E-state index contributed by atoms with van der Waals surface area (Å²) in [7, 11) is 0. The van der Waals surface area contributed by atoms with Crippen molar-refractivity contribution in [2.45, 2.75) is 0 Å². The minimum atomic E-state index is 1.20. The Balaban J connectivity index is 2.91. The van der Waals surface area contributed by atoms with Crippen LogP contribution in [0.15, 0.2) is 40.9 Å². The number of fused-ring (bicyclic) bond motifs is 1. The van der Waals surface area contributed by atoms with Crippen molar-refractivity contribution in [2.24, 2.45) is 0 Å². The van der Waals surface area contributed by atoms with E-state index in [9.17, 15) is 0 Å². The Morgan fingerprint density at radius 1 is 1.00 bits per heavy atom. The number of halogens is 2. The van der Waals surface area contributed by atoms with Gasteiger partial charge in [0.25, 0.3) is 0 Å². The van der Waals surface area contributed by atoms with Crippen molar-refractivity contribution >= 4 is 49.3 Å². The highest BCUT2D eigenvalue weighted by atomic mass is 127.